The summed E-state index contributed by atoms with van der Waals surface area (Å²) in [5.41, 5.74) is 1.16. The minimum atomic E-state index is -0.369. The summed E-state index contributed by atoms with van der Waals surface area (Å²) in [6.07, 6.45) is 0. The number of hydrogen-bond acceptors (Lipinski definition) is 5. The third-order valence-electron chi connectivity index (χ3n) is 4.32. The summed E-state index contributed by atoms with van der Waals surface area (Å²) in [6.45, 7) is -0.278. The number of phenols is 1. The molecule has 30 heavy (non-hydrogen) atoms. The number of nitrogens with one attached hydrogen (secondary N) is 1. The molecule has 0 aliphatic carbocycles. The first-order valence-electron chi connectivity index (χ1n) is 9.04. The van der Waals surface area contributed by atoms with Crippen LogP contribution in [0.4, 0.5) is 5.69 Å². The second kappa shape index (κ2) is 8.42. The molecule has 1 aromatic heterocycles. The molecule has 0 fully saturated rings. The van der Waals surface area contributed by atoms with Gasteiger partial charge in [0.25, 0.3) is 5.91 Å². The fraction of sp³-hybridized carbons (Fsp3) is 0.0435. The monoisotopic (exact) mass is 465 g/mol. The zero-order valence-corrected chi connectivity index (χ0v) is 17.2. The smallest absolute Gasteiger partial charge is 0.262 e. The second-order valence-electron chi connectivity index (χ2n) is 6.50. The molecule has 0 aliphatic rings. The van der Waals surface area contributed by atoms with E-state index in [2.05, 4.69) is 21.2 Å². The number of halogens is 1. The Bertz CT molecular complexity index is 1280. The SMILES string of the molecule is O=C(COc1cc(O)c2c(=O)cc(-c3ccccc3)oc2c1)Nc1cccc(Br)c1. The van der Waals surface area contributed by atoms with Crippen molar-refractivity contribution >= 4 is 38.5 Å². The van der Waals surface area contributed by atoms with Gasteiger partial charge < -0.3 is 19.6 Å². The number of hydrogen-bond donors (Lipinski definition) is 2. The largest absolute Gasteiger partial charge is 0.507 e. The molecule has 0 aliphatic heterocycles. The van der Waals surface area contributed by atoms with Gasteiger partial charge in [0.05, 0.1) is 0 Å². The van der Waals surface area contributed by atoms with E-state index in [1.807, 2.05) is 36.4 Å². The van der Waals surface area contributed by atoms with Crippen LogP contribution in [0.15, 0.2) is 86.5 Å². The van der Waals surface area contributed by atoms with Crippen molar-refractivity contribution in [2.75, 3.05) is 11.9 Å². The van der Waals surface area contributed by atoms with Crippen LogP contribution in [0.5, 0.6) is 11.5 Å². The first-order valence-corrected chi connectivity index (χ1v) is 9.83. The van der Waals surface area contributed by atoms with Crippen LogP contribution in [0.1, 0.15) is 0 Å². The van der Waals surface area contributed by atoms with Crippen LogP contribution in [-0.4, -0.2) is 17.6 Å². The lowest BCUT2D eigenvalue weighted by molar-refractivity contribution is -0.118. The van der Waals surface area contributed by atoms with E-state index in [9.17, 15) is 14.7 Å². The summed E-state index contributed by atoms with van der Waals surface area (Å²) < 4.78 is 12.2. The molecule has 0 saturated carbocycles. The molecular weight excluding hydrogens is 450 g/mol. The predicted molar refractivity (Wildman–Crippen MR) is 118 cm³/mol. The van der Waals surface area contributed by atoms with Gasteiger partial charge in [0.1, 0.15) is 28.2 Å². The van der Waals surface area contributed by atoms with Crippen molar-refractivity contribution in [3.8, 4) is 22.8 Å². The molecule has 0 spiro atoms. The van der Waals surface area contributed by atoms with Gasteiger partial charge in [-0.1, -0.05) is 52.3 Å². The zero-order valence-electron chi connectivity index (χ0n) is 15.6. The van der Waals surface area contributed by atoms with E-state index in [4.69, 9.17) is 9.15 Å². The summed E-state index contributed by atoms with van der Waals surface area (Å²) in [4.78, 5) is 24.6. The molecule has 1 heterocycles. The van der Waals surface area contributed by atoms with E-state index in [-0.39, 0.29) is 40.4 Å². The molecule has 4 aromatic rings. The Hall–Kier alpha value is -3.58. The number of carbonyl (C=O) groups is 1. The van der Waals surface area contributed by atoms with Gasteiger partial charge in [-0.15, -0.1) is 0 Å². The second-order valence-corrected chi connectivity index (χ2v) is 7.42. The quantitative estimate of drug-likeness (QED) is 0.435. The predicted octanol–water partition coefficient (Wildman–Crippen LogP) is 4.95. The molecule has 6 nitrogen and oxygen atoms in total. The standard InChI is InChI=1S/C23H16BrNO5/c24-15-7-4-8-16(9-15)25-22(28)13-29-17-10-18(26)23-19(27)12-20(30-21(23)11-17)14-5-2-1-3-6-14/h1-12,26H,13H2,(H,25,28). The normalized spacial score (nSPS) is 10.7. The summed E-state index contributed by atoms with van der Waals surface area (Å²) >= 11 is 3.34. The van der Waals surface area contributed by atoms with E-state index in [1.165, 1.54) is 18.2 Å². The van der Waals surface area contributed by atoms with Crippen molar-refractivity contribution in [2.45, 2.75) is 0 Å². The van der Waals surface area contributed by atoms with E-state index < -0.39 is 0 Å². The van der Waals surface area contributed by atoms with Crippen LogP contribution < -0.4 is 15.5 Å². The van der Waals surface area contributed by atoms with Gasteiger partial charge in [-0.05, 0) is 18.2 Å². The number of rotatable bonds is 5. The van der Waals surface area contributed by atoms with Gasteiger partial charge in [-0.2, -0.15) is 0 Å². The Morgan fingerprint density at radius 2 is 1.83 bits per heavy atom. The molecule has 0 atom stereocenters. The highest BCUT2D eigenvalue weighted by atomic mass is 79.9. The molecule has 4 rings (SSSR count). The van der Waals surface area contributed by atoms with Crippen LogP contribution in [0.2, 0.25) is 0 Å². The van der Waals surface area contributed by atoms with Crippen molar-refractivity contribution in [3.63, 3.8) is 0 Å². The summed E-state index contributed by atoms with van der Waals surface area (Å²) in [7, 11) is 0. The van der Waals surface area contributed by atoms with Crippen molar-refractivity contribution < 1.29 is 19.1 Å². The molecule has 0 bridgehead atoms. The van der Waals surface area contributed by atoms with Crippen molar-refractivity contribution in [1.82, 2.24) is 0 Å². The van der Waals surface area contributed by atoms with Gasteiger partial charge in [0.2, 0.25) is 0 Å². The fourth-order valence-corrected chi connectivity index (χ4v) is 3.38. The summed E-state index contributed by atoms with van der Waals surface area (Å²) in [5, 5.41) is 13.1. The maximum atomic E-state index is 12.5. The van der Waals surface area contributed by atoms with Gasteiger partial charge in [0.15, 0.2) is 12.0 Å². The van der Waals surface area contributed by atoms with E-state index in [1.54, 1.807) is 18.2 Å². The Kier molecular flexibility index (Phi) is 5.54. The van der Waals surface area contributed by atoms with Crippen LogP contribution in [0.25, 0.3) is 22.3 Å². The fourth-order valence-electron chi connectivity index (χ4n) is 2.98. The maximum Gasteiger partial charge on any atom is 0.262 e. The summed E-state index contributed by atoms with van der Waals surface area (Å²) in [6, 6.07) is 20.4. The highest BCUT2D eigenvalue weighted by Gasteiger charge is 2.13. The Morgan fingerprint density at radius 1 is 1.03 bits per heavy atom. The average Bonchev–Trinajstić information content (AvgIpc) is 2.72. The van der Waals surface area contributed by atoms with Crippen LogP contribution in [0, 0.1) is 0 Å². The van der Waals surface area contributed by atoms with Crippen molar-refractivity contribution in [3.05, 3.63) is 87.5 Å². The maximum absolute atomic E-state index is 12.5. The lowest BCUT2D eigenvalue weighted by atomic mass is 10.1. The first kappa shape index (κ1) is 19.7. The molecule has 1 amide bonds. The highest BCUT2D eigenvalue weighted by molar-refractivity contribution is 9.10. The molecule has 0 saturated heterocycles. The van der Waals surface area contributed by atoms with Crippen LogP contribution >= 0.6 is 15.9 Å². The lowest BCUT2D eigenvalue weighted by Crippen LogP contribution is -2.20. The van der Waals surface area contributed by atoms with Gasteiger partial charge in [0, 0.05) is 33.9 Å². The summed E-state index contributed by atoms with van der Waals surface area (Å²) in [5.74, 6) is -0.0646. The molecule has 150 valence electrons. The van der Waals surface area contributed by atoms with E-state index in [0.29, 0.717) is 11.4 Å². The van der Waals surface area contributed by atoms with Gasteiger partial charge in [-0.3, -0.25) is 9.59 Å². The molecular formula is C23H16BrNO5. The lowest BCUT2D eigenvalue weighted by Gasteiger charge is -2.10. The van der Waals surface area contributed by atoms with Gasteiger partial charge >= 0.3 is 0 Å². The van der Waals surface area contributed by atoms with Crippen molar-refractivity contribution in [2.24, 2.45) is 0 Å². The first-order chi connectivity index (χ1) is 14.5. The number of ether oxygens (including phenoxy) is 1. The van der Waals surface area contributed by atoms with E-state index >= 15 is 0 Å². The van der Waals surface area contributed by atoms with E-state index in [0.717, 1.165) is 10.0 Å². The van der Waals surface area contributed by atoms with Crippen molar-refractivity contribution in [1.29, 1.82) is 0 Å². The Labute approximate surface area is 179 Å². The molecule has 3 aromatic carbocycles. The van der Waals surface area contributed by atoms with Gasteiger partial charge in [-0.25, -0.2) is 0 Å². The third kappa shape index (κ3) is 4.36. The number of phenolic OH excluding ortho intramolecular Hbond substituents is 1. The zero-order chi connectivity index (χ0) is 21.1. The highest BCUT2D eigenvalue weighted by Crippen LogP contribution is 2.31. The third-order valence-corrected chi connectivity index (χ3v) is 4.81. The minimum absolute atomic E-state index is 0.0561. The minimum Gasteiger partial charge on any atom is -0.507 e. The van der Waals surface area contributed by atoms with Crippen LogP contribution in [0.3, 0.4) is 0 Å². The number of aromatic hydroxyl groups is 1. The number of amides is 1. The Morgan fingerprint density at radius 3 is 2.60 bits per heavy atom. The number of benzene rings is 3. The number of carbonyl (C=O) groups excluding carboxylic acids is 1. The molecule has 0 radical (unpaired) electrons. The van der Waals surface area contributed by atoms with Crippen LogP contribution in [-0.2, 0) is 4.79 Å². The average molecular weight is 466 g/mol. The molecule has 2 N–H and O–H groups in total. The topological polar surface area (TPSA) is 88.8 Å². The molecule has 7 heteroatoms. The molecule has 0 unspecified atom stereocenters. The number of anilines is 1. The number of fused-ring (bicyclic) bond motifs is 1. The Balaban J connectivity index is 1.57.